The summed E-state index contributed by atoms with van der Waals surface area (Å²) in [6.45, 7) is 0.755. The van der Waals surface area contributed by atoms with Gasteiger partial charge in [0.25, 0.3) is 0 Å². The van der Waals surface area contributed by atoms with Gasteiger partial charge in [-0.05, 0) is 9.90 Å². The van der Waals surface area contributed by atoms with Gasteiger partial charge in [0.05, 0.1) is 0 Å². The first-order chi connectivity index (χ1) is 6.84. The van der Waals surface area contributed by atoms with E-state index in [2.05, 4.69) is 27.6 Å². The highest BCUT2D eigenvalue weighted by molar-refractivity contribution is 7.62. The molecule has 72 valence electrons. The van der Waals surface area contributed by atoms with Gasteiger partial charge in [0.1, 0.15) is 5.13 Å². The molecule has 0 bridgehead atoms. The van der Waals surface area contributed by atoms with Crippen LogP contribution in [0.4, 0.5) is 5.13 Å². The van der Waals surface area contributed by atoms with Crippen molar-refractivity contribution in [3.8, 4) is 0 Å². The molecule has 5 heteroatoms. The average molecular weight is 222 g/mol. The fraction of sp³-hybridized carbons (Fsp3) is 0.111. The summed E-state index contributed by atoms with van der Waals surface area (Å²) >= 11 is 6.26. The van der Waals surface area contributed by atoms with Crippen LogP contribution in [0, 0.1) is 0 Å². The maximum absolute atomic E-state index is 4.87. The van der Waals surface area contributed by atoms with E-state index in [9.17, 15) is 0 Å². The molecule has 0 spiro atoms. The standard InChI is InChI=1S/C9H9N3S2/c13-9-12-11-8(14-9)10-6-7-4-2-1-3-5-7/h1-5H,6H2,(H,10,11)(H,12,13)/p-1. The second-order valence-electron chi connectivity index (χ2n) is 2.71. The normalized spacial score (nSPS) is 10.0. The van der Waals surface area contributed by atoms with Crippen molar-refractivity contribution in [3.63, 3.8) is 0 Å². The molecule has 0 saturated heterocycles. The molecule has 0 saturated carbocycles. The lowest BCUT2D eigenvalue weighted by molar-refractivity contribution is 0.998. The average Bonchev–Trinajstić information content (AvgIpc) is 2.63. The summed E-state index contributed by atoms with van der Waals surface area (Å²) in [5, 5.41) is 11.6. The van der Waals surface area contributed by atoms with Gasteiger partial charge in [0.2, 0.25) is 0 Å². The van der Waals surface area contributed by atoms with Crippen molar-refractivity contribution in [2.24, 2.45) is 0 Å². The van der Waals surface area contributed by atoms with Crippen molar-refractivity contribution in [1.82, 2.24) is 10.2 Å². The number of anilines is 1. The molecule has 1 aromatic heterocycles. The summed E-state index contributed by atoms with van der Waals surface area (Å²) in [5.74, 6) is 0. The van der Waals surface area contributed by atoms with E-state index in [1.807, 2.05) is 18.2 Å². The molecule has 0 atom stereocenters. The maximum Gasteiger partial charge on any atom is 0.110 e. The molecule has 3 nitrogen and oxygen atoms in total. The van der Waals surface area contributed by atoms with Gasteiger partial charge >= 0.3 is 0 Å². The molecule has 0 aliphatic rings. The first-order valence-corrected chi connectivity index (χ1v) is 5.35. The van der Waals surface area contributed by atoms with Gasteiger partial charge in [-0.25, -0.2) is 0 Å². The molecule has 0 aliphatic carbocycles. The fourth-order valence-corrected chi connectivity index (χ4v) is 1.81. The van der Waals surface area contributed by atoms with E-state index in [1.165, 1.54) is 16.9 Å². The molecule has 14 heavy (non-hydrogen) atoms. The van der Waals surface area contributed by atoms with Crippen LogP contribution < -0.4 is 5.32 Å². The molecule has 2 rings (SSSR count). The number of benzene rings is 1. The Hall–Kier alpha value is -1.20. The van der Waals surface area contributed by atoms with Crippen LogP contribution in [0.15, 0.2) is 34.7 Å². The third kappa shape index (κ3) is 2.40. The lowest BCUT2D eigenvalue weighted by atomic mass is 10.2. The van der Waals surface area contributed by atoms with E-state index in [4.69, 9.17) is 12.6 Å². The first-order valence-electron chi connectivity index (χ1n) is 4.13. The molecular weight excluding hydrogens is 214 g/mol. The lowest BCUT2D eigenvalue weighted by Gasteiger charge is -2.03. The van der Waals surface area contributed by atoms with Crippen LogP contribution in [0.3, 0.4) is 0 Å². The van der Waals surface area contributed by atoms with Gasteiger partial charge < -0.3 is 29.3 Å². The highest BCUT2D eigenvalue weighted by Crippen LogP contribution is 2.14. The van der Waals surface area contributed by atoms with Crippen LogP contribution in [0.2, 0.25) is 0 Å². The van der Waals surface area contributed by atoms with Crippen LogP contribution in [0.25, 0.3) is 0 Å². The first kappa shape index (κ1) is 9.36. The third-order valence-corrected chi connectivity index (χ3v) is 2.70. The Balaban J connectivity index is 1.95. The molecule has 0 unspecified atom stereocenters. The number of nitrogens with one attached hydrogen (secondary N) is 1. The Labute approximate surface area is 91.6 Å². The van der Waals surface area contributed by atoms with Crippen molar-refractivity contribution in [2.45, 2.75) is 10.9 Å². The topological polar surface area (TPSA) is 37.8 Å². The minimum absolute atomic E-state index is 0.570. The van der Waals surface area contributed by atoms with E-state index in [1.54, 1.807) is 0 Å². The fourth-order valence-electron chi connectivity index (χ4n) is 1.05. The molecule has 2 aromatic rings. The third-order valence-electron chi connectivity index (χ3n) is 1.69. The Morgan fingerprint density at radius 3 is 2.64 bits per heavy atom. The number of rotatable bonds is 3. The van der Waals surface area contributed by atoms with E-state index >= 15 is 0 Å². The van der Waals surface area contributed by atoms with Crippen molar-refractivity contribution in [1.29, 1.82) is 0 Å². The zero-order valence-electron chi connectivity index (χ0n) is 7.30. The predicted molar refractivity (Wildman–Crippen MR) is 59.3 cm³/mol. The second-order valence-corrected chi connectivity index (χ2v) is 4.33. The molecule has 1 aromatic carbocycles. The van der Waals surface area contributed by atoms with E-state index < -0.39 is 0 Å². The zero-order valence-corrected chi connectivity index (χ0v) is 8.94. The smallest absolute Gasteiger partial charge is 0.110 e. The highest BCUT2D eigenvalue weighted by atomic mass is 32.2. The highest BCUT2D eigenvalue weighted by Gasteiger charge is 1.92. The van der Waals surface area contributed by atoms with Gasteiger partial charge in [0.15, 0.2) is 0 Å². The van der Waals surface area contributed by atoms with Crippen molar-refractivity contribution >= 4 is 29.1 Å². The van der Waals surface area contributed by atoms with E-state index in [0.29, 0.717) is 4.34 Å². The second kappa shape index (κ2) is 4.34. The SMILES string of the molecule is [S-]c1nnc(NCc2ccccc2)s1. The van der Waals surface area contributed by atoms with Gasteiger partial charge in [-0.1, -0.05) is 30.3 Å². The van der Waals surface area contributed by atoms with E-state index in [0.717, 1.165) is 11.7 Å². The van der Waals surface area contributed by atoms with Gasteiger partial charge in [0, 0.05) is 6.54 Å². The van der Waals surface area contributed by atoms with Gasteiger partial charge in [-0.3, -0.25) is 0 Å². The van der Waals surface area contributed by atoms with Crippen molar-refractivity contribution < 1.29 is 0 Å². The summed E-state index contributed by atoms with van der Waals surface area (Å²) in [6.07, 6.45) is 0. The van der Waals surface area contributed by atoms with E-state index in [-0.39, 0.29) is 0 Å². The number of nitrogens with zero attached hydrogens (tertiary/aromatic N) is 2. The van der Waals surface area contributed by atoms with Crippen molar-refractivity contribution in [2.75, 3.05) is 5.32 Å². The van der Waals surface area contributed by atoms with Gasteiger partial charge in [-0.2, -0.15) is 5.10 Å². The van der Waals surface area contributed by atoms with Crippen LogP contribution in [0.5, 0.6) is 0 Å². The molecular formula is C9H8N3S2-. The number of hydrogen-bond acceptors (Lipinski definition) is 5. The Kier molecular flexibility index (Phi) is 2.90. The van der Waals surface area contributed by atoms with Crippen LogP contribution in [-0.2, 0) is 19.2 Å². The molecule has 1 N–H and O–H groups in total. The Morgan fingerprint density at radius 1 is 1.21 bits per heavy atom. The molecule has 0 aliphatic heterocycles. The molecule has 1 heterocycles. The minimum Gasteiger partial charge on any atom is -0.406 e. The van der Waals surface area contributed by atoms with Crippen LogP contribution >= 0.6 is 11.3 Å². The minimum atomic E-state index is 0.570. The summed E-state index contributed by atoms with van der Waals surface area (Å²) in [6, 6.07) is 10.1. The quantitative estimate of drug-likeness (QED) is 0.807. The number of hydrogen-bond donors (Lipinski definition) is 1. The summed E-state index contributed by atoms with van der Waals surface area (Å²) < 4.78 is 0.570. The maximum atomic E-state index is 4.87. The van der Waals surface area contributed by atoms with Crippen LogP contribution in [-0.4, -0.2) is 10.2 Å². The molecule has 0 amide bonds. The summed E-state index contributed by atoms with van der Waals surface area (Å²) in [4.78, 5) is 0. The number of aromatic nitrogens is 2. The Morgan fingerprint density at radius 2 is 2.00 bits per heavy atom. The lowest BCUT2D eigenvalue weighted by Crippen LogP contribution is -1.98. The summed E-state index contributed by atoms with van der Waals surface area (Å²) in [7, 11) is 0. The van der Waals surface area contributed by atoms with Crippen molar-refractivity contribution in [3.05, 3.63) is 35.9 Å². The zero-order chi connectivity index (χ0) is 9.80. The summed E-state index contributed by atoms with van der Waals surface area (Å²) in [5.41, 5.74) is 1.22. The monoisotopic (exact) mass is 222 g/mol. The Bertz CT molecular complexity index is 399. The molecule has 0 fully saturated rings. The van der Waals surface area contributed by atoms with Gasteiger partial charge in [-0.15, -0.1) is 5.10 Å². The molecule has 0 radical (unpaired) electrons. The van der Waals surface area contributed by atoms with Crippen LogP contribution in [0.1, 0.15) is 5.56 Å². The largest absolute Gasteiger partial charge is 0.406 e. The predicted octanol–water partition coefficient (Wildman–Crippen LogP) is 2.06.